The number of likely N-dealkylation sites (tertiary alicyclic amines) is 1. The van der Waals surface area contributed by atoms with E-state index >= 15 is 0 Å². The molecule has 31 heavy (non-hydrogen) atoms. The zero-order chi connectivity index (χ0) is 23.1. The van der Waals surface area contributed by atoms with Gasteiger partial charge in [0.1, 0.15) is 29.1 Å². The number of fused-ring (bicyclic) bond motifs is 1. The molecule has 0 bridgehead atoms. The fraction of sp³-hybridized carbons (Fsp3) is 0.591. The number of aryl methyl sites for hydroxylation is 1. The average Bonchev–Trinajstić information content (AvgIpc) is 3.14. The lowest BCUT2D eigenvalue weighted by Crippen LogP contribution is -2.45. The van der Waals surface area contributed by atoms with E-state index in [2.05, 4.69) is 4.98 Å². The molecule has 1 N–H and O–H groups in total. The molecule has 1 aliphatic rings. The van der Waals surface area contributed by atoms with Gasteiger partial charge in [-0.15, -0.1) is 0 Å². The molecule has 1 saturated heterocycles. The number of amides is 1. The smallest absolute Gasteiger partial charge is 0.411 e. The number of benzene rings is 1. The Bertz CT molecular complexity index is 1000. The minimum absolute atomic E-state index is 0.183. The van der Waals surface area contributed by atoms with E-state index in [-0.39, 0.29) is 18.7 Å². The van der Waals surface area contributed by atoms with Crippen LogP contribution in [0.1, 0.15) is 48.0 Å². The molecule has 2 aromatic rings. The van der Waals surface area contributed by atoms with Crippen molar-refractivity contribution in [2.75, 3.05) is 6.54 Å². The Kier molecular flexibility index (Phi) is 5.82. The number of aromatic nitrogens is 2. The number of carbonyl (C=O) groups excluding carboxylic acids is 2. The van der Waals surface area contributed by atoms with E-state index in [0.717, 1.165) is 0 Å². The first kappa shape index (κ1) is 22.7. The van der Waals surface area contributed by atoms with Crippen LogP contribution in [-0.2, 0) is 21.3 Å². The lowest BCUT2D eigenvalue weighted by molar-refractivity contribution is -0.160. The molecule has 1 amide bonds. The molecular formula is C22H31N3O6. The molecule has 2 heterocycles. The van der Waals surface area contributed by atoms with Gasteiger partial charge in [-0.25, -0.2) is 14.4 Å². The number of nitrogens with one attached hydrogen (secondary N) is 1. The standard InChI is InChI=1S/C22H31N3O6/c1-21(2,3)30-18(26)17-11-14(12-25(17)20(28)31-22(4,5)6)29-13-8-9-15-16(10-13)24(7)19(27)23-15/h8-10,14,17H,11-12H2,1-7H3,(H,23,27)/t14-,17+/m1/s1. The number of ether oxygens (including phenoxy) is 3. The zero-order valence-electron chi connectivity index (χ0n) is 19.1. The summed E-state index contributed by atoms with van der Waals surface area (Å²) in [5, 5.41) is 0. The molecule has 0 saturated carbocycles. The van der Waals surface area contributed by atoms with Crippen LogP contribution in [-0.4, -0.2) is 56.4 Å². The minimum Gasteiger partial charge on any atom is -0.488 e. The third-order valence-electron chi connectivity index (χ3n) is 4.75. The van der Waals surface area contributed by atoms with Crippen LogP contribution < -0.4 is 10.4 Å². The molecule has 1 fully saturated rings. The first-order valence-corrected chi connectivity index (χ1v) is 10.3. The maximum atomic E-state index is 12.8. The van der Waals surface area contributed by atoms with Gasteiger partial charge in [-0.1, -0.05) is 0 Å². The summed E-state index contributed by atoms with van der Waals surface area (Å²) in [5.41, 5.74) is -0.186. The Hall–Kier alpha value is -2.97. The predicted molar refractivity (Wildman–Crippen MR) is 115 cm³/mol. The first-order chi connectivity index (χ1) is 14.2. The van der Waals surface area contributed by atoms with Crippen molar-refractivity contribution in [2.24, 2.45) is 7.05 Å². The van der Waals surface area contributed by atoms with Gasteiger partial charge in [-0.2, -0.15) is 0 Å². The molecule has 9 nitrogen and oxygen atoms in total. The summed E-state index contributed by atoms with van der Waals surface area (Å²) in [7, 11) is 1.67. The van der Waals surface area contributed by atoms with Crippen LogP contribution >= 0.6 is 0 Å². The number of hydrogen-bond donors (Lipinski definition) is 1. The Balaban J connectivity index is 1.81. The quantitative estimate of drug-likeness (QED) is 0.747. The van der Waals surface area contributed by atoms with Crippen molar-refractivity contribution in [1.29, 1.82) is 0 Å². The summed E-state index contributed by atoms with van der Waals surface area (Å²) >= 11 is 0. The van der Waals surface area contributed by atoms with Gasteiger partial charge in [-0.3, -0.25) is 9.47 Å². The predicted octanol–water partition coefficient (Wildman–Crippen LogP) is 2.97. The van der Waals surface area contributed by atoms with Crippen molar-refractivity contribution in [1.82, 2.24) is 14.5 Å². The van der Waals surface area contributed by atoms with Crippen LogP contribution in [0.15, 0.2) is 23.0 Å². The summed E-state index contributed by atoms with van der Waals surface area (Å²) in [5.74, 6) is 0.0500. The highest BCUT2D eigenvalue weighted by atomic mass is 16.6. The summed E-state index contributed by atoms with van der Waals surface area (Å²) in [6, 6.07) is 4.46. The van der Waals surface area contributed by atoms with Crippen molar-refractivity contribution in [3.63, 3.8) is 0 Å². The van der Waals surface area contributed by atoms with Crippen molar-refractivity contribution in [3.8, 4) is 5.75 Å². The van der Waals surface area contributed by atoms with Crippen LogP contribution in [0, 0.1) is 0 Å². The maximum absolute atomic E-state index is 12.8. The summed E-state index contributed by atoms with van der Waals surface area (Å²) < 4.78 is 18.6. The fourth-order valence-electron chi connectivity index (χ4n) is 3.47. The Morgan fingerprint density at radius 1 is 1.06 bits per heavy atom. The van der Waals surface area contributed by atoms with E-state index in [0.29, 0.717) is 16.8 Å². The highest BCUT2D eigenvalue weighted by Gasteiger charge is 2.44. The lowest BCUT2D eigenvalue weighted by Gasteiger charge is -2.29. The Morgan fingerprint density at radius 2 is 1.71 bits per heavy atom. The van der Waals surface area contributed by atoms with E-state index in [9.17, 15) is 14.4 Å². The second-order valence-electron chi connectivity index (χ2n) is 9.83. The van der Waals surface area contributed by atoms with Gasteiger partial charge in [0.05, 0.1) is 17.6 Å². The van der Waals surface area contributed by atoms with Gasteiger partial charge in [0.25, 0.3) is 0 Å². The molecule has 0 spiro atoms. The zero-order valence-corrected chi connectivity index (χ0v) is 19.1. The van der Waals surface area contributed by atoms with Crippen LogP contribution in [0.5, 0.6) is 5.75 Å². The van der Waals surface area contributed by atoms with Crippen molar-refractivity contribution < 1.29 is 23.8 Å². The number of aromatic amines is 1. The normalized spacial score (nSPS) is 19.5. The topological polar surface area (TPSA) is 103 Å². The van der Waals surface area contributed by atoms with Crippen molar-refractivity contribution in [3.05, 3.63) is 28.7 Å². The van der Waals surface area contributed by atoms with E-state index in [4.69, 9.17) is 14.2 Å². The van der Waals surface area contributed by atoms with Gasteiger partial charge in [0.15, 0.2) is 0 Å². The average molecular weight is 434 g/mol. The van der Waals surface area contributed by atoms with E-state index < -0.39 is 35.4 Å². The third kappa shape index (κ3) is 5.39. The number of carbonyl (C=O) groups is 2. The van der Waals surface area contributed by atoms with Gasteiger partial charge in [0, 0.05) is 19.5 Å². The highest BCUT2D eigenvalue weighted by Crippen LogP contribution is 2.28. The highest BCUT2D eigenvalue weighted by molar-refractivity contribution is 5.83. The van der Waals surface area contributed by atoms with Crippen LogP contribution in [0.25, 0.3) is 11.0 Å². The molecule has 0 radical (unpaired) electrons. The van der Waals surface area contributed by atoms with E-state index in [1.807, 2.05) is 0 Å². The first-order valence-electron chi connectivity index (χ1n) is 10.3. The van der Waals surface area contributed by atoms with Crippen LogP contribution in [0.4, 0.5) is 4.79 Å². The van der Waals surface area contributed by atoms with Crippen LogP contribution in [0.3, 0.4) is 0 Å². The summed E-state index contributed by atoms with van der Waals surface area (Å²) in [6.07, 6.45) is -0.741. The van der Waals surface area contributed by atoms with E-state index in [1.54, 1.807) is 66.8 Å². The fourth-order valence-corrected chi connectivity index (χ4v) is 3.47. The molecule has 2 atom stereocenters. The molecular weight excluding hydrogens is 402 g/mol. The molecule has 1 aromatic carbocycles. The monoisotopic (exact) mass is 433 g/mol. The number of nitrogens with zero attached hydrogens (tertiary/aromatic N) is 2. The number of esters is 1. The lowest BCUT2D eigenvalue weighted by atomic mass is 10.1. The van der Waals surface area contributed by atoms with Gasteiger partial charge < -0.3 is 19.2 Å². The largest absolute Gasteiger partial charge is 0.488 e. The van der Waals surface area contributed by atoms with E-state index in [1.165, 1.54) is 9.47 Å². The molecule has 0 unspecified atom stereocenters. The minimum atomic E-state index is -0.806. The van der Waals surface area contributed by atoms with Gasteiger partial charge in [0.2, 0.25) is 0 Å². The molecule has 1 aromatic heterocycles. The van der Waals surface area contributed by atoms with Crippen molar-refractivity contribution in [2.45, 2.75) is 71.3 Å². The second kappa shape index (κ2) is 7.94. The summed E-state index contributed by atoms with van der Waals surface area (Å²) in [6.45, 7) is 10.8. The molecule has 170 valence electrons. The molecule has 3 rings (SSSR count). The second-order valence-corrected chi connectivity index (χ2v) is 9.83. The third-order valence-corrected chi connectivity index (χ3v) is 4.75. The number of hydrogen-bond acceptors (Lipinski definition) is 6. The maximum Gasteiger partial charge on any atom is 0.411 e. The van der Waals surface area contributed by atoms with Gasteiger partial charge in [-0.05, 0) is 53.7 Å². The number of rotatable bonds is 3. The SMILES string of the molecule is Cn1c(=O)[nH]c2ccc(O[C@@H]3C[C@@H](C(=O)OC(C)(C)C)N(C(=O)OC(C)(C)C)C3)cc21. The van der Waals surface area contributed by atoms with Crippen molar-refractivity contribution >= 4 is 23.1 Å². The van der Waals surface area contributed by atoms with Gasteiger partial charge >= 0.3 is 17.8 Å². The molecule has 9 heteroatoms. The van der Waals surface area contributed by atoms with Crippen LogP contribution in [0.2, 0.25) is 0 Å². The molecule has 1 aliphatic heterocycles. The molecule has 0 aliphatic carbocycles. The Morgan fingerprint density at radius 3 is 2.32 bits per heavy atom. The summed E-state index contributed by atoms with van der Waals surface area (Å²) in [4.78, 5) is 41.5. The number of H-pyrrole nitrogens is 1. The number of imidazole rings is 1. The Labute approximate surface area is 181 Å².